The van der Waals surface area contributed by atoms with Crippen LogP contribution in [0.4, 0.5) is 4.39 Å². The van der Waals surface area contributed by atoms with Crippen LogP contribution in [0, 0.1) is 5.82 Å². The lowest BCUT2D eigenvalue weighted by Gasteiger charge is -2.06. The third kappa shape index (κ3) is 6.29. The summed E-state index contributed by atoms with van der Waals surface area (Å²) < 4.78 is 24.2. The Morgan fingerprint density at radius 3 is 1.72 bits per heavy atom. The van der Waals surface area contributed by atoms with E-state index in [1.807, 2.05) is 60.7 Å². The molecule has 0 fully saturated rings. The van der Waals surface area contributed by atoms with Gasteiger partial charge < -0.3 is 9.47 Å². The van der Waals surface area contributed by atoms with Crippen LogP contribution in [0.15, 0.2) is 91.0 Å². The van der Waals surface area contributed by atoms with Crippen molar-refractivity contribution in [3.8, 4) is 11.5 Å². The summed E-state index contributed by atoms with van der Waals surface area (Å²) in [5.41, 5.74) is 1.65. The molecule has 0 bridgehead atoms. The number of hydrogen-bond donors (Lipinski definition) is 0. The molecular weight excluding hydrogens is 371 g/mol. The first-order valence-corrected chi connectivity index (χ1v) is 8.79. The van der Waals surface area contributed by atoms with Crippen LogP contribution in [0.2, 0.25) is 0 Å². The van der Waals surface area contributed by atoms with E-state index in [1.165, 1.54) is 24.3 Å². The number of carbonyl (C=O) groups excluding carboxylic acids is 2. The molecule has 5 heteroatoms. The predicted molar refractivity (Wildman–Crippen MR) is 109 cm³/mol. The van der Waals surface area contributed by atoms with Gasteiger partial charge in [-0.05, 0) is 35.4 Å². The average Bonchev–Trinajstić information content (AvgIpc) is 2.74. The second kappa shape index (κ2) is 9.80. The van der Waals surface area contributed by atoms with Crippen molar-refractivity contribution in [2.24, 2.45) is 0 Å². The van der Waals surface area contributed by atoms with Gasteiger partial charge in [-0.3, -0.25) is 0 Å². The molecule has 0 saturated heterocycles. The molecule has 29 heavy (non-hydrogen) atoms. The number of carbonyl (C=O) groups is 2. The van der Waals surface area contributed by atoms with E-state index in [2.05, 4.69) is 0 Å². The van der Waals surface area contributed by atoms with Gasteiger partial charge in [0.15, 0.2) is 11.6 Å². The van der Waals surface area contributed by atoms with Crippen LogP contribution in [0.5, 0.6) is 11.5 Å². The van der Waals surface area contributed by atoms with Gasteiger partial charge in [-0.15, -0.1) is 0 Å². The topological polar surface area (TPSA) is 52.6 Å². The fourth-order valence-electron chi connectivity index (χ4n) is 2.38. The Balaban J connectivity index is 1.58. The third-order valence-electron chi connectivity index (χ3n) is 3.76. The standard InChI is InChI=1S/C24H17FO4/c25-21-17-20(28-23(26)15-11-18-7-3-1-4-8-18)13-14-22(21)29-24(27)16-12-19-9-5-2-6-10-19/h1-17H/b15-11+,16-12+. The van der Waals surface area contributed by atoms with Gasteiger partial charge in [0.2, 0.25) is 0 Å². The highest BCUT2D eigenvalue weighted by Gasteiger charge is 2.10. The van der Waals surface area contributed by atoms with Crippen LogP contribution in [0.1, 0.15) is 11.1 Å². The summed E-state index contributed by atoms with van der Waals surface area (Å²) in [6.07, 6.45) is 5.61. The van der Waals surface area contributed by atoms with Crippen molar-refractivity contribution in [3.05, 3.63) is 108 Å². The average molecular weight is 388 g/mol. The molecule has 0 aliphatic heterocycles. The highest BCUT2D eigenvalue weighted by atomic mass is 19.1. The minimum absolute atomic E-state index is 0.00448. The van der Waals surface area contributed by atoms with Crippen LogP contribution in [-0.4, -0.2) is 11.9 Å². The number of hydrogen-bond acceptors (Lipinski definition) is 4. The number of ether oxygens (including phenoxy) is 2. The Labute approximate surface area is 167 Å². The number of rotatable bonds is 6. The fourth-order valence-corrected chi connectivity index (χ4v) is 2.38. The minimum atomic E-state index is -0.816. The zero-order valence-corrected chi connectivity index (χ0v) is 15.3. The molecule has 0 atom stereocenters. The van der Waals surface area contributed by atoms with Crippen LogP contribution in [0.25, 0.3) is 12.2 Å². The molecule has 0 aliphatic rings. The third-order valence-corrected chi connectivity index (χ3v) is 3.76. The Bertz CT molecular complexity index is 1040. The summed E-state index contributed by atoms with van der Waals surface area (Å²) >= 11 is 0. The summed E-state index contributed by atoms with van der Waals surface area (Å²) in [7, 11) is 0. The van der Waals surface area contributed by atoms with E-state index >= 15 is 0 Å². The van der Waals surface area contributed by atoms with E-state index in [9.17, 15) is 14.0 Å². The maximum Gasteiger partial charge on any atom is 0.336 e. The van der Waals surface area contributed by atoms with E-state index in [-0.39, 0.29) is 11.5 Å². The monoisotopic (exact) mass is 388 g/mol. The first-order chi connectivity index (χ1) is 14.1. The maximum atomic E-state index is 14.2. The van der Waals surface area contributed by atoms with Crippen LogP contribution in [-0.2, 0) is 9.59 Å². The molecule has 144 valence electrons. The predicted octanol–water partition coefficient (Wildman–Crippen LogP) is 5.06. The van der Waals surface area contributed by atoms with E-state index in [4.69, 9.17) is 9.47 Å². The van der Waals surface area contributed by atoms with Gasteiger partial charge in [0, 0.05) is 18.2 Å². The molecule has 3 aromatic carbocycles. The van der Waals surface area contributed by atoms with E-state index in [0.717, 1.165) is 17.2 Å². The molecule has 4 nitrogen and oxygen atoms in total. The Hall–Kier alpha value is -3.99. The summed E-state index contributed by atoms with van der Waals surface area (Å²) in [6, 6.07) is 21.9. The molecule has 0 unspecified atom stereocenters. The molecule has 3 aromatic rings. The number of benzene rings is 3. The maximum absolute atomic E-state index is 14.2. The van der Waals surface area contributed by atoms with Gasteiger partial charge >= 0.3 is 11.9 Å². The summed E-state index contributed by atoms with van der Waals surface area (Å²) in [4.78, 5) is 23.7. The Kier molecular flexibility index (Phi) is 6.68. The molecule has 0 amide bonds. The second-order valence-corrected chi connectivity index (χ2v) is 5.92. The first-order valence-electron chi connectivity index (χ1n) is 8.79. The van der Waals surface area contributed by atoms with Crippen molar-refractivity contribution in [3.63, 3.8) is 0 Å². The normalized spacial score (nSPS) is 10.9. The molecule has 0 heterocycles. The largest absolute Gasteiger partial charge is 0.423 e. The minimum Gasteiger partial charge on any atom is -0.423 e. The van der Waals surface area contributed by atoms with E-state index < -0.39 is 17.8 Å². The van der Waals surface area contributed by atoms with Crippen LogP contribution >= 0.6 is 0 Å². The highest BCUT2D eigenvalue weighted by molar-refractivity contribution is 5.89. The molecular formula is C24H17FO4. The zero-order valence-electron chi connectivity index (χ0n) is 15.3. The van der Waals surface area contributed by atoms with Crippen molar-refractivity contribution in [2.75, 3.05) is 0 Å². The van der Waals surface area contributed by atoms with Crippen LogP contribution in [0.3, 0.4) is 0 Å². The highest BCUT2D eigenvalue weighted by Crippen LogP contribution is 2.23. The molecule has 0 aliphatic carbocycles. The SMILES string of the molecule is O=C(/C=C/c1ccccc1)Oc1ccc(OC(=O)/C=C/c2ccccc2)c(F)c1. The number of halogens is 1. The van der Waals surface area contributed by atoms with Crippen molar-refractivity contribution < 1.29 is 23.5 Å². The fraction of sp³-hybridized carbons (Fsp3) is 0. The van der Waals surface area contributed by atoms with Crippen molar-refractivity contribution in [1.29, 1.82) is 0 Å². The van der Waals surface area contributed by atoms with Gasteiger partial charge in [0.25, 0.3) is 0 Å². The van der Waals surface area contributed by atoms with E-state index in [0.29, 0.717) is 0 Å². The zero-order chi connectivity index (χ0) is 20.5. The van der Waals surface area contributed by atoms with Gasteiger partial charge in [0.1, 0.15) is 5.75 Å². The van der Waals surface area contributed by atoms with E-state index in [1.54, 1.807) is 12.2 Å². The van der Waals surface area contributed by atoms with Gasteiger partial charge in [-0.25, -0.2) is 14.0 Å². The van der Waals surface area contributed by atoms with Crippen molar-refractivity contribution >= 4 is 24.1 Å². The lowest BCUT2D eigenvalue weighted by Crippen LogP contribution is -2.07. The smallest absolute Gasteiger partial charge is 0.336 e. The number of esters is 2. The molecule has 0 radical (unpaired) electrons. The quantitative estimate of drug-likeness (QED) is 0.336. The van der Waals surface area contributed by atoms with Gasteiger partial charge in [-0.2, -0.15) is 0 Å². The second-order valence-electron chi connectivity index (χ2n) is 5.92. The summed E-state index contributed by atoms with van der Waals surface area (Å²) in [6.45, 7) is 0. The Morgan fingerprint density at radius 2 is 1.21 bits per heavy atom. The van der Waals surface area contributed by atoms with Crippen LogP contribution < -0.4 is 9.47 Å². The van der Waals surface area contributed by atoms with Crippen molar-refractivity contribution in [1.82, 2.24) is 0 Å². The lowest BCUT2D eigenvalue weighted by atomic mass is 10.2. The molecule has 0 saturated carbocycles. The van der Waals surface area contributed by atoms with Gasteiger partial charge in [0.05, 0.1) is 0 Å². The molecule has 3 rings (SSSR count). The molecule has 0 N–H and O–H groups in total. The molecule has 0 aromatic heterocycles. The lowest BCUT2D eigenvalue weighted by molar-refractivity contribution is -0.130. The Morgan fingerprint density at radius 1 is 0.690 bits per heavy atom. The van der Waals surface area contributed by atoms with Crippen molar-refractivity contribution in [2.45, 2.75) is 0 Å². The summed E-state index contributed by atoms with van der Waals surface area (Å²) in [5, 5.41) is 0. The summed E-state index contributed by atoms with van der Waals surface area (Å²) in [5.74, 6) is -2.44. The van der Waals surface area contributed by atoms with Gasteiger partial charge in [-0.1, -0.05) is 60.7 Å². The molecule has 0 spiro atoms. The first kappa shape index (κ1) is 19.8.